The predicted octanol–water partition coefficient (Wildman–Crippen LogP) is 5.16. The molecule has 2 aliphatic rings. The van der Waals surface area contributed by atoms with Gasteiger partial charge in [-0.3, -0.25) is 19.6 Å². The molecule has 2 N–H and O–H groups in total. The minimum atomic E-state index is -0.666. The fourth-order valence-electron chi connectivity index (χ4n) is 6.02. The second-order valence-corrected chi connectivity index (χ2v) is 11.0. The highest BCUT2D eigenvalue weighted by molar-refractivity contribution is 6.04. The van der Waals surface area contributed by atoms with Gasteiger partial charge < -0.3 is 9.84 Å². The first kappa shape index (κ1) is 26.4. The van der Waals surface area contributed by atoms with Crippen molar-refractivity contribution >= 4 is 33.8 Å². The van der Waals surface area contributed by atoms with E-state index in [2.05, 4.69) is 26.3 Å². The Hall–Kier alpha value is -3.82. The molecule has 0 bridgehead atoms. The van der Waals surface area contributed by atoms with E-state index in [0.717, 1.165) is 41.5 Å². The molecule has 40 heavy (non-hydrogen) atoms. The summed E-state index contributed by atoms with van der Waals surface area (Å²) >= 11 is 0. The van der Waals surface area contributed by atoms with Gasteiger partial charge in [0.05, 0.1) is 6.10 Å². The van der Waals surface area contributed by atoms with Crippen LogP contribution in [0.4, 0.5) is 10.7 Å². The average Bonchev–Trinajstić information content (AvgIpc) is 2.98. The van der Waals surface area contributed by atoms with Crippen molar-refractivity contribution in [3.8, 4) is 0 Å². The molecule has 2 fully saturated rings. The summed E-state index contributed by atoms with van der Waals surface area (Å²) < 4.78 is 7.10. The first-order valence-electron chi connectivity index (χ1n) is 14.3. The van der Waals surface area contributed by atoms with Crippen LogP contribution in [0.2, 0.25) is 0 Å². The van der Waals surface area contributed by atoms with Gasteiger partial charge in [0.25, 0.3) is 5.56 Å². The number of carbonyl (C=O) groups excluding carboxylic acids is 1. The number of nitrogens with one attached hydrogen (secondary N) is 1. The largest absolute Gasteiger partial charge is 0.444 e. The lowest BCUT2D eigenvalue weighted by Crippen LogP contribution is -2.31. The number of aromatic nitrogens is 3. The van der Waals surface area contributed by atoms with Gasteiger partial charge in [-0.15, -0.1) is 0 Å². The quantitative estimate of drug-likeness (QED) is 0.325. The fourth-order valence-corrected chi connectivity index (χ4v) is 6.02. The number of anilines is 1. The van der Waals surface area contributed by atoms with E-state index < -0.39 is 6.09 Å². The number of rotatable bonds is 6. The Bertz CT molecular complexity index is 1560. The summed E-state index contributed by atoms with van der Waals surface area (Å²) in [5.74, 6) is 0.0793. The lowest BCUT2D eigenvalue weighted by molar-refractivity contribution is 0.111. The number of likely N-dealkylation sites (tertiary alicyclic amines) is 1. The van der Waals surface area contributed by atoms with Crippen molar-refractivity contribution in [2.24, 2.45) is 0 Å². The number of fused-ring (bicyclic) bond motifs is 3. The van der Waals surface area contributed by atoms with Gasteiger partial charge in [-0.05, 0) is 74.2 Å². The molecular formula is C31H35N5O4. The molecule has 1 amide bonds. The van der Waals surface area contributed by atoms with E-state index in [1.165, 1.54) is 19.3 Å². The maximum Gasteiger partial charge on any atom is 0.414 e. The highest BCUT2D eigenvalue weighted by Gasteiger charge is 2.25. The van der Waals surface area contributed by atoms with Crippen molar-refractivity contribution < 1.29 is 14.6 Å². The molecule has 9 nitrogen and oxygen atoms in total. The summed E-state index contributed by atoms with van der Waals surface area (Å²) in [5.41, 5.74) is 2.38. The molecule has 9 heteroatoms. The molecule has 0 radical (unpaired) electrons. The number of nitrogens with zero attached hydrogens (tertiary/aromatic N) is 4. The number of pyridine rings is 1. The average molecular weight is 542 g/mol. The van der Waals surface area contributed by atoms with E-state index in [1.807, 2.05) is 42.5 Å². The number of ether oxygens (including phenoxy) is 1. The molecule has 2 aromatic carbocycles. The molecule has 1 saturated heterocycles. The summed E-state index contributed by atoms with van der Waals surface area (Å²) in [7, 11) is 0. The molecule has 4 aromatic rings. The SMILES string of the molecule is O=C(Nc1ncc2c3ccc(CN4CCCCC4)cc3c(=O)n(C3CCC(O)CC3)c2n1)OCc1ccccc1. The van der Waals surface area contributed by atoms with Crippen molar-refractivity contribution in [2.45, 2.75) is 70.2 Å². The molecule has 1 saturated carbocycles. The van der Waals surface area contributed by atoms with E-state index in [4.69, 9.17) is 4.74 Å². The van der Waals surface area contributed by atoms with Gasteiger partial charge in [0.15, 0.2) is 0 Å². The first-order chi connectivity index (χ1) is 19.5. The molecule has 1 aliphatic carbocycles. The third-order valence-corrected chi connectivity index (χ3v) is 8.13. The van der Waals surface area contributed by atoms with Gasteiger partial charge in [0, 0.05) is 29.6 Å². The zero-order valence-electron chi connectivity index (χ0n) is 22.6. The van der Waals surface area contributed by atoms with Crippen molar-refractivity contribution in [2.75, 3.05) is 18.4 Å². The number of benzene rings is 2. The summed E-state index contributed by atoms with van der Waals surface area (Å²) in [6.45, 7) is 3.12. The van der Waals surface area contributed by atoms with Crippen molar-refractivity contribution in [3.05, 3.63) is 76.2 Å². The maximum atomic E-state index is 14.1. The molecule has 6 rings (SSSR count). The molecule has 0 unspecified atom stereocenters. The molecule has 3 heterocycles. The van der Waals surface area contributed by atoms with Gasteiger partial charge in [0.2, 0.25) is 5.95 Å². The van der Waals surface area contributed by atoms with E-state index in [0.29, 0.717) is 36.7 Å². The second kappa shape index (κ2) is 11.7. The molecule has 208 valence electrons. The summed E-state index contributed by atoms with van der Waals surface area (Å²) in [4.78, 5) is 38.1. The van der Waals surface area contributed by atoms with E-state index in [-0.39, 0.29) is 30.3 Å². The highest BCUT2D eigenvalue weighted by Crippen LogP contribution is 2.32. The zero-order chi connectivity index (χ0) is 27.5. The third kappa shape index (κ3) is 5.71. The molecule has 1 aliphatic heterocycles. The minimum absolute atomic E-state index is 0.0793. The number of carbonyl (C=O) groups is 1. The Morgan fingerprint density at radius 1 is 0.950 bits per heavy atom. The number of piperidine rings is 1. The third-order valence-electron chi connectivity index (χ3n) is 8.13. The highest BCUT2D eigenvalue weighted by atomic mass is 16.5. The number of hydrogen-bond donors (Lipinski definition) is 2. The number of amides is 1. The lowest BCUT2D eigenvalue weighted by atomic mass is 9.92. The topological polar surface area (TPSA) is 110 Å². The maximum absolute atomic E-state index is 14.1. The first-order valence-corrected chi connectivity index (χ1v) is 14.3. The second-order valence-electron chi connectivity index (χ2n) is 11.0. The Morgan fingerprint density at radius 3 is 2.50 bits per heavy atom. The Labute approximate surface area is 232 Å². The van der Waals surface area contributed by atoms with Crippen LogP contribution in [0, 0.1) is 0 Å². The van der Waals surface area contributed by atoms with E-state index in [9.17, 15) is 14.7 Å². The molecule has 2 aromatic heterocycles. The lowest BCUT2D eigenvalue weighted by Gasteiger charge is -2.28. The predicted molar refractivity (Wildman–Crippen MR) is 154 cm³/mol. The number of aliphatic hydroxyl groups excluding tert-OH is 1. The van der Waals surface area contributed by atoms with Crippen molar-refractivity contribution in [3.63, 3.8) is 0 Å². The van der Waals surface area contributed by atoms with Crippen LogP contribution in [0.3, 0.4) is 0 Å². The van der Waals surface area contributed by atoms with Gasteiger partial charge in [-0.1, -0.05) is 48.9 Å². The van der Waals surface area contributed by atoms with Crippen LogP contribution >= 0.6 is 0 Å². The van der Waals surface area contributed by atoms with Crippen LogP contribution in [0.5, 0.6) is 0 Å². The van der Waals surface area contributed by atoms with Gasteiger partial charge in [-0.2, -0.15) is 4.98 Å². The number of hydrogen-bond acceptors (Lipinski definition) is 7. The Kier molecular flexibility index (Phi) is 7.75. The Morgan fingerprint density at radius 2 is 1.73 bits per heavy atom. The van der Waals surface area contributed by atoms with E-state index >= 15 is 0 Å². The normalized spacial score (nSPS) is 20.0. The van der Waals surface area contributed by atoms with Crippen LogP contribution in [0.1, 0.15) is 62.1 Å². The van der Waals surface area contributed by atoms with Gasteiger partial charge in [0.1, 0.15) is 12.3 Å². The molecule has 0 spiro atoms. The number of aliphatic hydroxyl groups is 1. The van der Waals surface area contributed by atoms with Crippen LogP contribution in [0.25, 0.3) is 21.8 Å². The van der Waals surface area contributed by atoms with E-state index in [1.54, 1.807) is 10.8 Å². The molecule has 0 atom stereocenters. The van der Waals surface area contributed by atoms with Gasteiger partial charge >= 0.3 is 6.09 Å². The van der Waals surface area contributed by atoms with Crippen LogP contribution in [-0.4, -0.2) is 49.8 Å². The zero-order valence-corrected chi connectivity index (χ0v) is 22.6. The minimum Gasteiger partial charge on any atom is -0.444 e. The van der Waals surface area contributed by atoms with Gasteiger partial charge in [-0.25, -0.2) is 9.78 Å². The summed E-state index contributed by atoms with van der Waals surface area (Å²) in [6.07, 6.45) is 7.00. The molecular weight excluding hydrogens is 506 g/mol. The van der Waals surface area contributed by atoms with Crippen LogP contribution in [0.15, 0.2) is 59.5 Å². The monoisotopic (exact) mass is 541 g/mol. The summed E-state index contributed by atoms with van der Waals surface area (Å²) in [5, 5.41) is 14.9. The summed E-state index contributed by atoms with van der Waals surface area (Å²) in [6, 6.07) is 15.4. The van der Waals surface area contributed by atoms with Crippen LogP contribution in [-0.2, 0) is 17.9 Å². The standard InChI is InChI=1S/C31H35N5O4/c37-24-12-10-23(11-13-24)36-28-27(18-32-30(33-28)34-31(39)40-20-21-7-3-1-4-8-21)25-14-9-22(17-26(25)29(36)38)19-35-15-5-2-6-16-35/h1,3-4,7-9,14,17-18,23-24,37H,2,5-6,10-13,15-16,19-20H2,(H,32,33,34,39). The van der Waals surface area contributed by atoms with Crippen molar-refractivity contribution in [1.82, 2.24) is 19.4 Å². The van der Waals surface area contributed by atoms with Crippen molar-refractivity contribution in [1.29, 1.82) is 0 Å². The Balaban J connectivity index is 1.35. The fraction of sp³-hybridized carbons (Fsp3) is 0.419. The smallest absolute Gasteiger partial charge is 0.414 e. The van der Waals surface area contributed by atoms with Crippen LogP contribution < -0.4 is 10.9 Å².